The van der Waals surface area contributed by atoms with Crippen LogP contribution in [0.25, 0.3) is 0 Å². The molecule has 3 aromatic carbocycles. The van der Waals surface area contributed by atoms with Crippen LogP contribution in [0.15, 0.2) is 82.8 Å². The maximum absolute atomic E-state index is 10.2. The topological polar surface area (TPSA) is 74.4 Å². The molecule has 3 unspecified atom stereocenters. The second kappa shape index (κ2) is 8.50. The van der Waals surface area contributed by atoms with Crippen molar-refractivity contribution in [2.45, 2.75) is 37.5 Å². The zero-order valence-electron chi connectivity index (χ0n) is 17.8. The first-order valence-corrected chi connectivity index (χ1v) is 11.1. The molecule has 1 aliphatic heterocycles. The molecule has 5 heteroatoms. The fraction of sp³-hybridized carbons (Fsp3) is 0.259. The van der Waals surface area contributed by atoms with Crippen LogP contribution in [0.5, 0.6) is 17.2 Å². The Morgan fingerprint density at radius 2 is 1.47 bits per heavy atom. The molecule has 1 heterocycles. The molecule has 162 valence electrons. The van der Waals surface area contributed by atoms with Crippen molar-refractivity contribution in [3.63, 3.8) is 0 Å². The van der Waals surface area contributed by atoms with Crippen LogP contribution in [0.1, 0.15) is 48.4 Å². The number of benzene rings is 3. The van der Waals surface area contributed by atoms with Gasteiger partial charge in [0.25, 0.3) is 0 Å². The predicted molar refractivity (Wildman–Crippen MR) is 126 cm³/mol. The van der Waals surface area contributed by atoms with Gasteiger partial charge in [0.1, 0.15) is 17.2 Å². The van der Waals surface area contributed by atoms with Crippen LogP contribution in [-0.4, -0.2) is 28.4 Å². The van der Waals surface area contributed by atoms with Crippen LogP contribution >= 0.6 is 0 Å². The minimum absolute atomic E-state index is 0.0513. The third-order valence-electron chi connectivity index (χ3n) is 6.45. The Morgan fingerprint density at radius 1 is 0.812 bits per heavy atom. The summed E-state index contributed by atoms with van der Waals surface area (Å²) in [6.45, 7) is 0. The van der Waals surface area contributed by atoms with Crippen molar-refractivity contribution in [3.05, 3.63) is 89.5 Å². The van der Waals surface area contributed by atoms with Crippen LogP contribution in [0.2, 0.25) is 0 Å². The van der Waals surface area contributed by atoms with E-state index in [4.69, 9.17) is 14.7 Å². The van der Waals surface area contributed by atoms with Crippen molar-refractivity contribution in [2.75, 3.05) is 0 Å². The zero-order valence-corrected chi connectivity index (χ0v) is 17.8. The summed E-state index contributed by atoms with van der Waals surface area (Å²) in [5.41, 5.74) is 1.66. The van der Waals surface area contributed by atoms with E-state index < -0.39 is 5.72 Å². The van der Waals surface area contributed by atoms with Crippen molar-refractivity contribution >= 4 is 12.4 Å². The summed E-state index contributed by atoms with van der Waals surface area (Å²) in [5, 5.41) is 20.4. The van der Waals surface area contributed by atoms with Crippen molar-refractivity contribution in [2.24, 2.45) is 15.9 Å². The van der Waals surface area contributed by atoms with E-state index in [1.54, 1.807) is 36.7 Å². The molecule has 0 spiro atoms. The van der Waals surface area contributed by atoms with Gasteiger partial charge in [-0.05, 0) is 43.2 Å². The highest BCUT2D eigenvalue weighted by molar-refractivity contribution is 5.84. The monoisotopic (exact) mass is 426 g/mol. The lowest BCUT2D eigenvalue weighted by molar-refractivity contribution is -0.0426. The van der Waals surface area contributed by atoms with Crippen LogP contribution in [0.3, 0.4) is 0 Å². The molecule has 0 saturated heterocycles. The van der Waals surface area contributed by atoms with E-state index in [1.165, 1.54) is 0 Å². The second-order valence-corrected chi connectivity index (χ2v) is 8.44. The van der Waals surface area contributed by atoms with Gasteiger partial charge in [-0.2, -0.15) is 0 Å². The number of aliphatic imine (C=N–C) groups is 2. The highest BCUT2D eigenvalue weighted by Crippen LogP contribution is 2.52. The van der Waals surface area contributed by atoms with Gasteiger partial charge in [-0.15, -0.1) is 0 Å². The molecule has 5 nitrogen and oxygen atoms in total. The Balaban J connectivity index is 1.57. The summed E-state index contributed by atoms with van der Waals surface area (Å²) in [5.74, 6) is 1.25. The molecule has 3 aromatic rings. The van der Waals surface area contributed by atoms with Gasteiger partial charge in [0, 0.05) is 41.5 Å². The molecular weight excluding hydrogens is 400 g/mol. The Labute approximate surface area is 187 Å². The predicted octanol–water partition coefficient (Wildman–Crippen LogP) is 5.66. The van der Waals surface area contributed by atoms with Crippen molar-refractivity contribution in [1.82, 2.24) is 0 Å². The maximum atomic E-state index is 10.2. The third-order valence-corrected chi connectivity index (χ3v) is 6.45. The molecular formula is C27H26N2O3. The molecule has 2 aliphatic rings. The van der Waals surface area contributed by atoms with Gasteiger partial charge in [-0.1, -0.05) is 48.9 Å². The van der Waals surface area contributed by atoms with Crippen LogP contribution in [0, 0.1) is 5.92 Å². The van der Waals surface area contributed by atoms with Crippen LogP contribution in [-0.2, 0) is 0 Å². The summed E-state index contributed by atoms with van der Waals surface area (Å²) < 4.78 is 6.59. The molecule has 1 saturated carbocycles. The number of phenolic OH excluding ortho intramolecular Hbond substituents is 2. The van der Waals surface area contributed by atoms with Crippen molar-refractivity contribution < 1.29 is 14.9 Å². The molecule has 0 radical (unpaired) electrons. The minimum atomic E-state index is -0.740. The average Bonchev–Trinajstić information content (AvgIpc) is 2.82. The number of fused-ring (bicyclic) bond motifs is 2. The van der Waals surface area contributed by atoms with Gasteiger partial charge in [-0.25, -0.2) is 4.99 Å². The molecule has 0 aromatic heterocycles. The SMILES string of the molecule is Oc1ccccc1C=NC1c2ccccc2OC2(N=Cc3ccccc3O)CCCCC12. The van der Waals surface area contributed by atoms with Gasteiger partial charge in [0.2, 0.25) is 5.72 Å². The lowest BCUT2D eigenvalue weighted by Crippen LogP contribution is -2.49. The third kappa shape index (κ3) is 3.75. The first-order chi connectivity index (χ1) is 15.7. The molecule has 2 N–H and O–H groups in total. The van der Waals surface area contributed by atoms with Gasteiger partial charge in [0.15, 0.2) is 0 Å². The van der Waals surface area contributed by atoms with Gasteiger partial charge >= 0.3 is 0 Å². The molecule has 1 fully saturated rings. The fourth-order valence-corrected chi connectivity index (χ4v) is 4.81. The van der Waals surface area contributed by atoms with E-state index in [0.29, 0.717) is 11.1 Å². The average molecular weight is 427 g/mol. The van der Waals surface area contributed by atoms with Crippen LogP contribution in [0.4, 0.5) is 0 Å². The molecule has 1 aliphatic carbocycles. The summed E-state index contributed by atoms with van der Waals surface area (Å²) in [6, 6.07) is 22.3. The quantitative estimate of drug-likeness (QED) is 0.529. The number of phenols is 2. The smallest absolute Gasteiger partial charge is 0.205 e. The molecule has 32 heavy (non-hydrogen) atoms. The van der Waals surface area contributed by atoms with E-state index in [1.807, 2.05) is 42.5 Å². The molecule has 0 amide bonds. The van der Waals surface area contributed by atoms with Gasteiger partial charge in [-0.3, -0.25) is 4.99 Å². The summed E-state index contributed by atoms with van der Waals surface area (Å²) in [6.07, 6.45) is 7.33. The zero-order chi connectivity index (χ0) is 22.0. The minimum Gasteiger partial charge on any atom is -0.507 e. The fourth-order valence-electron chi connectivity index (χ4n) is 4.81. The molecule has 3 atom stereocenters. The Bertz CT molecular complexity index is 1170. The van der Waals surface area contributed by atoms with E-state index >= 15 is 0 Å². The lowest BCUT2D eigenvalue weighted by Gasteiger charge is -2.47. The number of rotatable bonds is 4. The van der Waals surface area contributed by atoms with E-state index in [0.717, 1.165) is 37.0 Å². The standard InChI is InChI=1S/C27H26N2O3/c30-23-13-4-1-9-19(23)17-28-26-21-11-3-6-15-25(21)32-27(16-8-7-12-22(26)27)29-18-20-10-2-5-14-24(20)31/h1-6,9-11,13-15,17-18,22,26,30-31H,7-8,12,16H2. The summed E-state index contributed by atoms with van der Waals surface area (Å²) in [4.78, 5) is 9.93. The van der Waals surface area contributed by atoms with Gasteiger partial charge in [0.05, 0.1) is 6.04 Å². The highest BCUT2D eigenvalue weighted by atomic mass is 16.5. The van der Waals surface area contributed by atoms with E-state index in [2.05, 4.69) is 6.07 Å². The highest BCUT2D eigenvalue weighted by Gasteiger charge is 2.51. The molecule has 5 rings (SSSR count). The first-order valence-electron chi connectivity index (χ1n) is 11.1. The summed E-state index contributed by atoms with van der Waals surface area (Å²) >= 11 is 0. The van der Waals surface area contributed by atoms with E-state index in [9.17, 15) is 10.2 Å². The lowest BCUT2D eigenvalue weighted by atomic mass is 9.73. The number of para-hydroxylation sites is 3. The van der Waals surface area contributed by atoms with E-state index in [-0.39, 0.29) is 23.5 Å². The Hall–Kier alpha value is -3.60. The number of hydrogen-bond acceptors (Lipinski definition) is 5. The van der Waals surface area contributed by atoms with Crippen molar-refractivity contribution in [1.29, 1.82) is 0 Å². The Morgan fingerprint density at radius 3 is 2.22 bits per heavy atom. The summed E-state index contributed by atoms with van der Waals surface area (Å²) in [7, 11) is 0. The normalized spacial score (nSPS) is 24.8. The van der Waals surface area contributed by atoms with Crippen LogP contribution < -0.4 is 4.74 Å². The maximum Gasteiger partial charge on any atom is 0.205 e. The second-order valence-electron chi connectivity index (χ2n) is 8.44. The number of aromatic hydroxyl groups is 2. The van der Waals surface area contributed by atoms with Crippen molar-refractivity contribution in [3.8, 4) is 17.2 Å². The van der Waals surface area contributed by atoms with Gasteiger partial charge < -0.3 is 14.9 Å². The number of ether oxygens (including phenoxy) is 1. The number of nitrogens with zero attached hydrogens (tertiary/aromatic N) is 2. The largest absolute Gasteiger partial charge is 0.507 e. The number of hydrogen-bond donors (Lipinski definition) is 2. The Kier molecular flexibility index (Phi) is 5.39. The first kappa shape index (κ1) is 20.3. The molecule has 0 bridgehead atoms.